The summed E-state index contributed by atoms with van der Waals surface area (Å²) in [7, 11) is 1.84. The maximum atomic E-state index is 4.44. The van der Waals surface area contributed by atoms with E-state index in [2.05, 4.69) is 36.2 Å². The van der Waals surface area contributed by atoms with Gasteiger partial charge in [0.2, 0.25) is 0 Å². The lowest BCUT2D eigenvalue weighted by Gasteiger charge is -2.08. The van der Waals surface area contributed by atoms with E-state index in [0.717, 1.165) is 27.5 Å². The third-order valence-electron chi connectivity index (χ3n) is 2.37. The van der Waals surface area contributed by atoms with Gasteiger partial charge in [0.15, 0.2) is 0 Å². The van der Waals surface area contributed by atoms with Gasteiger partial charge in [-0.3, -0.25) is 4.98 Å². The second-order valence-electron chi connectivity index (χ2n) is 3.64. The van der Waals surface area contributed by atoms with Gasteiger partial charge in [-0.05, 0) is 35.0 Å². The molecule has 88 valence electrons. The SMILES string of the molecule is CNc1nc(Cc2ccccn2)nc(C)c1Br. The molecule has 2 rings (SSSR count). The Morgan fingerprint density at radius 3 is 2.76 bits per heavy atom. The van der Waals surface area contributed by atoms with E-state index in [0.29, 0.717) is 6.42 Å². The Labute approximate surface area is 109 Å². The van der Waals surface area contributed by atoms with Crippen LogP contribution in [0.5, 0.6) is 0 Å². The van der Waals surface area contributed by atoms with Crippen LogP contribution in [0.4, 0.5) is 5.82 Å². The van der Waals surface area contributed by atoms with Gasteiger partial charge >= 0.3 is 0 Å². The molecule has 0 spiro atoms. The molecule has 2 aromatic heterocycles. The van der Waals surface area contributed by atoms with Gasteiger partial charge in [0, 0.05) is 18.9 Å². The van der Waals surface area contributed by atoms with Crippen LogP contribution in [0.3, 0.4) is 0 Å². The summed E-state index contributed by atoms with van der Waals surface area (Å²) < 4.78 is 0.907. The first kappa shape index (κ1) is 12.0. The third kappa shape index (κ3) is 2.79. The number of nitrogens with one attached hydrogen (secondary N) is 1. The Balaban J connectivity index is 2.31. The number of hydrogen-bond acceptors (Lipinski definition) is 4. The van der Waals surface area contributed by atoms with Crippen LogP contribution in [0.15, 0.2) is 28.9 Å². The number of aryl methyl sites for hydroxylation is 1. The Morgan fingerprint density at radius 1 is 1.29 bits per heavy atom. The number of aromatic nitrogens is 3. The van der Waals surface area contributed by atoms with Gasteiger partial charge in [0.05, 0.1) is 16.6 Å². The highest BCUT2D eigenvalue weighted by atomic mass is 79.9. The lowest BCUT2D eigenvalue weighted by Crippen LogP contribution is -2.05. The van der Waals surface area contributed by atoms with E-state index in [-0.39, 0.29) is 0 Å². The van der Waals surface area contributed by atoms with E-state index in [4.69, 9.17) is 0 Å². The van der Waals surface area contributed by atoms with Crippen LogP contribution >= 0.6 is 15.9 Å². The molecule has 0 bridgehead atoms. The van der Waals surface area contributed by atoms with Crippen molar-refractivity contribution >= 4 is 21.7 Å². The van der Waals surface area contributed by atoms with Gasteiger partial charge in [-0.2, -0.15) is 0 Å². The summed E-state index contributed by atoms with van der Waals surface area (Å²) in [5.41, 5.74) is 1.89. The molecule has 0 amide bonds. The number of nitrogens with zero attached hydrogens (tertiary/aromatic N) is 3. The fourth-order valence-electron chi connectivity index (χ4n) is 1.53. The summed E-state index contributed by atoms with van der Waals surface area (Å²) in [5.74, 6) is 1.58. The van der Waals surface area contributed by atoms with Gasteiger partial charge in [0.25, 0.3) is 0 Å². The van der Waals surface area contributed by atoms with Gasteiger partial charge in [-0.1, -0.05) is 6.07 Å². The topological polar surface area (TPSA) is 50.7 Å². The van der Waals surface area contributed by atoms with Gasteiger partial charge in [-0.25, -0.2) is 9.97 Å². The standard InChI is InChI=1S/C12H13BrN4/c1-8-11(13)12(14-2)17-10(16-8)7-9-5-3-4-6-15-9/h3-6H,7H2,1-2H3,(H,14,16,17). The van der Waals surface area contributed by atoms with Crippen molar-refractivity contribution in [2.45, 2.75) is 13.3 Å². The van der Waals surface area contributed by atoms with E-state index in [1.807, 2.05) is 32.2 Å². The molecular weight excluding hydrogens is 280 g/mol. The molecule has 0 aromatic carbocycles. The minimum absolute atomic E-state index is 0.643. The summed E-state index contributed by atoms with van der Waals surface area (Å²) >= 11 is 3.46. The summed E-state index contributed by atoms with van der Waals surface area (Å²) in [6, 6.07) is 5.84. The van der Waals surface area contributed by atoms with Crippen LogP contribution in [0.2, 0.25) is 0 Å². The second-order valence-corrected chi connectivity index (χ2v) is 4.43. The van der Waals surface area contributed by atoms with Crippen LogP contribution in [0.1, 0.15) is 17.2 Å². The van der Waals surface area contributed by atoms with Crippen LogP contribution in [0, 0.1) is 6.92 Å². The summed E-state index contributed by atoms with van der Waals surface area (Å²) in [5, 5.41) is 3.04. The number of pyridine rings is 1. The lowest BCUT2D eigenvalue weighted by molar-refractivity contribution is 0.912. The highest BCUT2D eigenvalue weighted by molar-refractivity contribution is 9.10. The summed E-state index contributed by atoms with van der Waals surface area (Å²) in [6.07, 6.45) is 2.42. The van der Waals surface area contributed by atoms with Crippen LogP contribution in [0.25, 0.3) is 0 Å². The monoisotopic (exact) mass is 292 g/mol. The van der Waals surface area contributed by atoms with Crippen molar-refractivity contribution in [2.75, 3.05) is 12.4 Å². The maximum Gasteiger partial charge on any atom is 0.144 e. The van der Waals surface area contributed by atoms with Crippen LogP contribution in [-0.2, 0) is 6.42 Å². The zero-order valence-electron chi connectivity index (χ0n) is 9.74. The molecule has 17 heavy (non-hydrogen) atoms. The largest absolute Gasteiger partial charge is 0.372 e. The Hall–Kier alpha value is -1.49. The smallest absolute Gasteiger partial charge is 0.144 e. The molecule has 0 aliphatic rings. The lowest BCUT2D eigenvalue weighted by atomic mass is 10.2. The van der Waals surface area contributed by atoms with Crippen molar-refractivity contribution in [2.24, 2.45) is 0 Å². The zero-order chi connectivity index (χ0) is 12.3. The molecule has 5 heteroatoms. The predicted octanol–water partition coefficient (Wildman–Crippen LogP) is 2.58. The average molecular weight is 293 g/mol. The van der Waals surface area contributed by atoms with Crippen molar-refractivity contribution in [1.82, 2.24) is 15.0 Å². The van der Waals surface area contributed by atoms with Crippen molar-refractivity contribution in [3.05, 3.63) is 46.1 Å². The normalized spacial score (nSPS) is 10.3. The molecule has 0 saturated carbocycles. The summed E-state index contributed by atoms with van der Waals surface area (Å²) in [4.78, 5) is 13.1. The first-order chi connectivity index (χ1) is 8.20. The van der Waals surface area contributed by atoms with Crippen LogP contribution in [-0.4, -0.2) is 22.0 Å². The quantitative estimate of drug-likeness (QED) is 0.945. The minimum atomic E-state index is 0.643. The molecular formula is C12H13BrN4. The van der Waals surface area contributed by atoms with Crippen molar-refractivity contribution in [3.63, 3.8) is 0 Å². The number of hydrogen-bond donors (Lipinski definition) is 1. The van der Waals surface area contributed by atoms with Crippen molar-refractivity contribution < 1.29 is 0 Å². The molecule has 0 atom stereocenters. The second kappa shape index (κ2) is 5.23. The Bertz CT molecular complexity index is 513. The number of halogens is 1. The molecule has 0 aliphatic carbocycles. The van der Waals surface area contributed by atoms with E-state index in [9.17, 15) is 0 Å². The first-order valence-electron chi connectivity index (χ1n) is 5.31. The van der Waals surface area contributed by atoms with Crippen LogP contribution < -0.4 is 5.32 Å². The van der Waals surface area contributed by atoms with E-state index < -0.39 is 0 Å². The summed E-state index contributed by atoms with van der Waals surface area (Å²) in [6.45, 7) is 1.95. The Morgan fingerprint density at radius 2 is 2.12 bits per heavy atom. The molecule has 0 unspecified atom stereocenters. The van der Waals surface area contributed by atoms with E-state index >= 15 is 0 Å². The molecule has 0 saturated heterocycles. The van der Waals surface area contributed by atoms with Crippen molar-refractivity contribution in [3.8, 4) is 0 Å². The maximum absolute atomic E-state index is 4.44. The fourth-order valence-corrected chi connectivity index (χ4v) is 1.90. The van der Waals surface area contributed by atoms with Gasteiger partial charge in [-0.15, -0.1) is 0 Å². The van der Waals surface area contributed by atoms with E-state index in [1.54, 1.807) is 6.20 Å². The predicted molar refractivity (Wildman–Crippen MR) is 71.1 cm³/mol. The molecule has 2 heterocycles. The zero-order valence-corrected chi connectivity index (χ0v) is 11.3. The minimum Gasteiger partial charge on any atom is -0.372 e. The number of rotatable bonds is 3. The van der Waals surface area contributed by atoms with Crippen molar-refractivity contribution in [1.29, 1.82) is 0 Å². The molecule has 1 N–H and O–H groups in total. The fraction of sp³-hybridized carbons (Fsp3) is 0.250. The molecule has 0 radical (unpaired) electrons. The molecule has 0 fully saturated rings. The molecule has 0 aliphatic heterocycles. The third-order valence-corrected chi connectivity index (χ3v) is 3.31. The van der Waals surface area contributed by atoms with Gasteiger partial charge < -0.3 is 5.32 Å². The Kier molecular flexibility index (Phi) is 3.68. The number of anilines is 1. The highest BCUT2D eigenvalue weighted by Gasteiger charge is 2.08. The van der Waals surface area contributed by atoms with E-state index in [1.165, 1.54) is 0 Å². The first-order valence-corrected chi connectivity index (χ1v) is 6.10. The highest BCUT2D eigenvalue weighted by Crippen LogP contribution is 2.22. The molecule has 4 nitrogen and oxygen atoms in total. The average Bonchev–Trinajstić information content (AvgIpc) is 2.35. The molecule has 2 aromatic rings. The van der Waals surface area contributed by atoms with Gasteiger partial charge in [0.1, 0.15) is 11.6 Å².